The lowest BCUT2D eigenvalue weighted by atomic mass is 9.90. The number of hydrogen-bond donors (Lipinski definition) is 2. The maximum absolute atomic E-state index is 9.83. The second-order valence-electron chi connectivity index (χ2n) is 3.91. The first-order valence-electron chi connectivity index (χ1n) is 4.83. The van der Waals surface area contributed by atoms with Crippen molar-refractivity contribution in [2.24, 2.45) is 5.73 Å². The van der Waals surface area contributed by atoms with E-state index in [0.29, 0.717) is 6.54 Å². The summed E-state index contributed by atoms with van der Waals surface area (Å²) in [5.41, 5.74) is 6.67. The molecule has 3 heteroatoms. The molecule has 2 nitrogen and oxygen atoms in total. The van der Waals surface area contributed by atoms with Crippen molar-refractivity contribution in [3.63, 3.8) is 0 Å². The van der Waals surface area contributed by atoms with Crippen LogP contribution in [0.5, 0.6) is 0 Å². The SMILES string of the molecule is NC[C@H](O)C1(c2ccc(Br)cc2)CC1. The topological polar surface area (TPSA) is 46.2 Å². The Bertz CT molecular complexity index is 319. The Morgan fingerprint density at radius 1 is 1.36 bits per heavy atom. The van der Waals surface area contributed by atoms with Crippen molar-refractivity contribution in [2.45, 2.75) is 24.4 Å². The molecule has 1 fully saturated rings. The van der Waals surface area contributed by atoms with Crippen LogP contribution in [0.25, 0.3) is 0 Å². The minimum atomic E-state index is -0.399. The molecule has 0 heterocycles. The average Bonchev–Trinajstić information content (AvgIpc) is 2.99. The summed E-state index contributed by atoms with van der Waals surface area (Å²) in [5, 5.41) is 9.83. The van der Waals surface area contributed by atoms with Gasteiger partial charge in [0.2, 0.25) is 0 Å². The molecule has 1 saturated carbocycles. The fourth-order valence-corrected chi connectivity index (χ4v) is 2.22. The van der Waals surface area contributed by atoms with Crippen LogP contribution in [-0.4, -0.2) is 17.8 Å². The van der Waals surface area contributed by atoms with E-state index in [1.807, 2.05) is 12.1 Å². The van der Waals surface area contributed by atoms with E-state index in [2.05, 4.69) is 28.1 Å². The second-order valence-corrected chi connectivity index (χ2v) is 4.83. The van der Waals surface area contributed by atoms with Crippen LogP contribution in [0.3, 0.4) is 0 Å². The van der Waals surface area contributed by atoms with E-state index < -0.39 is 6.10 Å². The van der Waals surface area contributed by atoms with Crippen LogP contribution in [0.15, 0.2) is 28.7 Å². The van der Waals surface area contributed by atoms with Gasteiger partial charge in [-0.15, -0.1) is 0 Å². The molecule has 0 aromatic heterocycles. The fraction of sp³-hybridized carbons (Fsp3) is 0.455. The Kier molecular flexibility index (Phi) is 2.64. The van der Waals surface area contributed by atoms with E-state index in [1.54, 1.807) is 0 Å². The Morgan fingerprint density at radius 3 is 2.36 bits per heavy atom. The van der Waals surface area contributed by atoms with Gasteiger partial charge in [-0.05, 0) is 30.5 Å². The van der Waals surface area contributed by atoms with E-state index in [1.165, 1.54) is 5.56 Å². The maximum Gasteiger partial charge on any atom is 0.0758 e. The zero-order chi connectivity index (χ0) is 10.2. The van der Waals surface area contributed by atoms with Crippen LogP contribution in [-0.2, 0) is 5.41 Å². The van der Waals surface area contributed by atoms with Crippen molar-refractivity contribution in [2.75, 3.05) is 6.54 Å². The molecule has 1 aliphatic rings. The molecule has 3 N–H and O–H groups in total. The molecule has 0 radical (unpaired) electrons. The van der Waals surface area contributed by atoms with E-state index in [4.69, 9.17) is 5.73 Å². The van der Waals surface area contributed by atoms with Gasteiger partial charge in [-0.3, -0.25) is 0 Å². The lowest BCUT2D eigenvalue weighted by Gasteiger charge is -2.21. The maximum atomic E-state index is 9.83. The number of benzene rings is 1. The summed E-state index contributed by atoms with van der Waals surface area (Å²) < 4.78 is 1.07. The minimum absolute atomic E-state index is 0.0462. The normalized spacial score (nSPS) is 20.5. The summed E-state index contributed by atoms with van der Waals surface area (Å²) in [6.07, 6.45) is 1.70. The number of rotatable bonds is 3. The molecule has 76 valence electrons. The molecule has 0 saturated heterocycles. The summed E-state index contributed by atoms with van der Waals surface area (Å²) in [5.74, 6) is 0. The predicted octanol–water partition coefficient (Wildman–Crippen LogP) is 1.80. The lowest BCUT2D eigenvalue weighted by Crippen LogP contribution is -2.33. The van der Waals surface area contributed by atoms with Gasteiger partial charge in [0.25, 0.3) is 0 Å². The highest BCUT2D eigenvalue weighted by Crippen LogP contribution is 2.50. The second kappa shape index (κ2) is 3.65. The Morgan fingerprint density at radius 2 is 1.93 bits per heavy atom. The molecule has 1 aliphatic carbocycles. The smallest absolute Gasteiger partial charge is 0.0758 e. The number of aliphatic hydroxyl groups is 1. The van der Waals surface area contributed by atoms with Gasteiger partial charge in [-0.2, -0.15) is 0 Å². The number of halogens is 1. The third kappa shape index (κ3) is 1.60. The first kappa shape index (κ1) is 10.1. The van der Waals surface area contributed by atoms with Gasteiger partial charge in [0, 0.05) is 16.4 Å². The highest BCUT2D eigenvalue weighted by Gasteiger charge is 2.49. The summed E-state index contributed by atoms with van der Waals surface area (Å²) in [7, 11) is 0. The van der Waals surface area contributed by atoms with E-state index in [-0.39, 0.29) is 5.41 Å². The molecule has 0 spiro atoms. The largest absolute Gasteiger partial charge is 0.391 e. The Balaban J connectivity index is 2.26. The van der Waals surface area contributed by atoms with Gasteiger partial charge >= 0.3 is 0 Å². The van der Waals surface area contributed by atoms with Crippen LogP contribution < -0.4 is 5.73 Å². The molecule has 1 atom stereocenters. The summed E-state index contributed by atoms with van der Waals surface area (Å²) in [4.78, 5) is 0. The third-order valence-electron chi connectivity index (χ3n) is 3.07. The number of nitrogens with two attached hydrogens (primary N) is 1. The zero-order valence-electron chi connectivity index (χ0n) is 7.91. The standard InChI is InChI=1S/C11H14BrNO/c12-9-3-1-8(2-4-9)11(5-6-11)10(14)7-13/h1-4,10,14H,5-7,13H2/t10-/m0/s1. The van der Waals surface area contributed by atoms with Crippen molar-refractivity contribution < 1.29 is 5.11 Å². The molecule has 0 amide bonds. The molecule has 1 aromatic rings. The Hall–Kier alpha value is -0.380. The van der Waals surface area contributed by atoms with Crippen LogP contribution >= 0.6 is 15.9 Å². The highest BCUT2D eigenvalue weighted by atomic mass is 79.9. The van der Waals surface area contributed by atoms with Crippen LogP contribution in [0, 0.1) is 0 Å². The monoisotopic (exact) mass is 255 g/mol. The first-order valence-corrected chi connectivity index (χ1v) is 5.62. The summed E-state index contributed by atoms with van der Waals surface area (Å²) in [6, 6.07) is 8.16. The van der Waals surface area contributed by atoms with Crippen LogP contribution in [0.2, 0.25) is 0 Å². The minimum Gasteiger partial charge on any atom is -0.391 e. The van der Waals surface area contributed by atoms with Gasteiger partial charge in [0.15, 0.2) is 0 Å². The zero-order valence-corrected chi connectivity index (χ0v) is 9.50. The molecular weight excluding hydrogens is 242 g/mol. The Labute approximate surface area is 92.3 Å². The molecule has 14 heavy (non-hydrogen) atoms. The van der Waals surface area contributed by atoms with Crippen molar-refractivity contribution in [3.05, 3.63) is 34.3 Å². The van der Waals surface area contributed by atoms with Crippen molar-refractivity contribution in [3.8, 4) is 0 Å². The number of hydrogen-bond acceptors (Lipinski definition) is 2. The molecule has 1 aromatic carbocycles. The first-order chi connectivity index (χ1) is 6.69. The van der Waals surface area contributed by atoms with Crippen molar-refractivity contribution >= 4 is 15.9 Å². The molecule has 0 unspecified atom stereocenters. The summed E-state index contributed by atoms with van der Waals surface area (Å²) in [6.45, 7) is 0.343. The quantitative estimate of drug-likeness (QED) is 0.866. The molecule has 0 aliphatic heterocycles. The lowest BCUT2D eigenvalue weighted by molar-refractivity contribution is 0.139. The van der Waals surface area contributed by atoms with Gasteiger partial charge in [0.05, 0.1) is 6.10 Å². The average molecular weight is 256 g/mol. The van der Waals surface area contributed by atoms with Gasteiger partial charge in [-0.25, -0.2) is 0 Å². The van der Waals surface area contributed by atoms with E-state index in [9.17, 15) is 5.11 Å². The van der Waals surface area contributed by atoms with Crippen molar-refractivity contribution in [1.82, 2.24) is 0 Å². The van der Waals surface area contributed by atoms with E-state index in [0.717, 1.165) is 17.3 Å². The highest BCUT2D eigenvalue weighted by molar-refractivity contribution is 9.10. The number of aliphatic hydroxyl groups excluding tert-OH is 1. The summed E-state index contributed by atoms with van der Waals surface area (Å²) >= 11 is 3.40. The fourth-order valence-electron chi connectivity index (χ4n) is 1.96. The van der Waals surface area contributed by atoms with Crippen LogP contribution in [0.4, 0.5) is 0 Å². The molecule has 2 rings (SSSR count). The predicted molar refractivity (Wildman–Crippen MR) is 60.1 cm³/mol. The van der Waals surface area contributed by atoms with Gasteiger partial charge in [-0.1, -0.05) is 28.1 Å². The molecule has 0 bridgehead atoms. The van der Waals surface area contributed by atoms with Gasteiger partial charge < -0.3 is 10.8 Å². The molecular formula is C11H14BrNO. The van der Waals surface area contributed by atoms with Gasteiger partial charge in [0.1, 0.15) is 0 Å². The third-order valence-corrected chi connectivity index (χ3v) is 3.60. The van der Waals surface area contributed by atoms with Crippen molar-refractivity contribution in [1.29, 1.82) is 0 Å². The van der Waals surface area contributed by atoms with E-state index >= 15 is 0 Å². The van der Waals surface area contributed by atoms with Crippen LogP contribution in [0.1, 0.15) is 18.4 Å².